The molecule has 0 aromatic heterocycles. The highest BCUT2D eigenvalue weighted by molar-refractivity contribution is 6.18. The van der Waals surface area contributed by atoms with Gasteiger partial charge in [-0.05, 0) is 37.8 Å². The number of nitrogens with zero attached hydrogens (tertiary/aromatic N) is 1. The fourth-order valence-corrected chi connectivity index (χ4v) is 2.34. The predicted molar refractivity (Wildman–Crippen MR) is 96.0 cm³/mol. The normalized spacial score (nSPS) is 17.5. The van der Waals surface area contributed by atoms with Crippen molar-refractivity contribution >= 4 is 11.8 Å². The summed E-state index contributed by atoms with van der Waals surface area (Å²) in [6.45, 7) is 10.4. The highest BCUT2D eigenvalue weighted by Crippen LogP contribution is 2.23. The number of allylic oxidation sites excluding steroid dienone is 5. The van der Waals surface area contributed by atoms with Gasteiger partial charge in [0, 0.05) is 24.0 Å². The maximum Gasteiger partial charge on any atom is 0.278 e. The third kappa shape index (κ3) is 4.88. The van der Waals surface area contributed by atoms with Crippen molar-refractivity contribution in [3.8, 4) is 0 Å². The molecule has 0 saturated carbocycles. The average molecular weight is 368 g/mol. The number of hydrogen-bond donors (Lipinski definition) is 1. The Labute approximate surface area is 153 Å². The zero-order valence-corrected chi connectivity index (χ0v) is 15.9. The van der Waals surface area contributed by atoms with Crippen LogP contribution < -0.4 is 5.43 Å². The van der Waals surface area contributed by atoms with Gasteiger partial charge in [0.2, 0.25) is 0 Å². The van der Waals surface area contributed by atoms with Crippen molar-refractivity contribution in [3.05, 3.63) is 46.7 Å². The minimum atomic E-state index is -2.66. The van der Waals surface area contributed by atoms with Gasteiger partial charge in [-0.15, -0.1) is 0 Å². The number of hydrazine groups is 1. The van der Waals surface area contributed by atoms with Crippen molar-refractivity contribution < 1.29 is 23.1 Å². The van der Waals surface area contributed by atoms with Crippen molar-refractivity contribution in [2.75, 3.05) is 13.7 Å². The number of carbonyl (C=O) groups is 2. The van der Waals surface area contributed by atoms with Crippen LogP contribution >= 0.6 is 0 Å². The summed E-state index contributed by atoms with van der Waals surface area (Å²) in [5, 5.41) is 0.901. The molecule has 1 aliphatic rings. The quantitative estimate of drug-likeness (QED) is 0.500. The molecule has 1 rings (SSSR count). The van der Waals surface area contributed by atoms with Crippen molar-refractivity contribution in [1.82, 2.24) is 10.4 Å². The summed E-state index contributed by atoms with van der Waals surface area (Å²) in [7, 11) is 1.44. The molecule has 0 radical (unpaired) electrons. The number of alkyl halides is 2. The van der Waals surface area contributed by atoms with Crippen LogP contribution in [-0.2, 0) is 14.3 Å². The average Bonchev–Trinajstić information content (AvgIpc) is 2.77. The van der Waals surface area contributed by atoms with Crippen LogP contribution in [0.3, 0.4) is 0 Å². The topological polar surface area (TPSA) is 58.6 Å². The van der Waals surface area contributed by atoms with Gasteiger partial charge >= 0.3 is 0 Å². The molecule has 1 heterocycles. The summed E-state index contributed by atoms with van der Waals surface area (Å²) in [5.41, 5.74) is 3.93. The van der Waals surface area contributed by atoms with E-state index in [4.69, 9.17) is 4.74 Å². The van der Waals surface area contributed by atoms with E-state index in [9.17, 15) is 18.4 Å². The molecule has 5 nitrogen and oxygen atoms in total. The van der Waals surface area contributed by atoms with Gasteiger partial charge in [-0.3, -0.25) is 15.0 Å². The van der Waals surface area contributed by atoms with Crippen LogP contribution in [0.1, 0.15) is 34.1 Å². The molecule has 0 fully saturated rings. The molecule has 2 amide bonds. The lowest BCUT2D eigenvalue weighted by Crippen LogP contribution is -2.44. The SMILES string of the molecule is C=C(C)/C(=C\C=C(\NN1C(=O)C(C)=C(COC)C1=O)C(C)CC)C(F)F. The maximum absolute atomic E-state index is 13.1. The highest BCUT2D eigenvalue weighted by atomic mass is 19.3. The number of halogens is 2. The predicted octanol–water partition coefficient (Wildman–Crippen LogP) is 3.52. The van der Waals surface area contributed by atoms with Gasteiger partial charge in [0.1, 0.15) is 0 Å². The minimum absolute atomic E-state index is 0.0298. The molecule has 0 aliphatic carbocycles. The number of nitrogens with one attached hydrogen (secondary N) is 1. The van der Waals surface area contributed by atoms with E-state index in [0.717, 1.165) is 5.01 Å². The lowest BCUT2D eigenvalue weighted by Gasteiger charge is -2.23. The van der Waals surface area contributed by atoms with Gasteiger partial charge in [-0.2, -0.15) is 5.01 Å². The zero-order chi connectivity index (χ0) is 20.0. The van der Waals surface area contributed by atoms with Gasteiger partial charge in [-0.1, -0.05) is 26.5 Å². The van der Waals surface area contributed by atoms with Crippen LogP contribution in [0.15, 0.2) is 46.7 Å². The molecule has 1 atom stereocenters. The number of amides is 2. The Hall–Kier alpha value is -2.28. The van der Waals surface area contributed by atoms with Crippen LogP contribution in [-0.4, -0.2) is 37.0 Å². The van der Waals surface area contributed by atoms with Crippen LogP contribution in [0, 0.1) is 5.92 Å². The highest BCUT2D eigenvalue weighted by Gasteiger charge is 2.36. The summed E-state index contributed by atoms with van der Waals surface area (Å²) in [4.78, 5) is 24.8. The molecule has 7 heteroatoms. The molecule has 0 aromatic carbocycles. The monoisotopic (exact) mass is 368 g/mol. The molecule has 26 heavy (non-hydrogen) atoms. The van der Waals surface area contributed by atoms with Crippen molar-refractivity contribution in [2.45, 2.75) is 40.5 Å². The smallest absolute Gasteiger partial charge is 0.278 e. The first-order chi connectivity index (χ1) is 12.1. The fourth-order valence-electron chi connectivity index (χ4n) is 2.34. The second-order valence-electron chi connectivity index (χ2n) is 6.23. The largest absolute Gasteiger partial charge is 0.380 e. The van der Waals surface area contributed by atoms with Crippen LogP contribution in [0.4, 0.5) is 8.78 Å². The Morgan fingerprint density at radius 1 is 1.31 bits per heavy atom. The van der Waals surface area contributed by atoms with Crippen LogP contribution in [0.2, 0.25) is 0 Å². The molecule has 1 unspecified atom stereocenters. The summed E-state index contributed by atoms with van der Waals surface area (Å²) < 4.78 is 31.1. The molecular weight excluding hydrogens is 342 g/mol. The van der Waals surface area contributed by atoms with E-state index in [1.54, 1.807) is 6.92 Å². The van der Waals surface area contributed by atoms with Gasteiger partial charge in [0.05, 0.1) is 12.2 Å². The first-order valence-electron chi connectivity index (χ1n) is 8.35. The van der Waals surface area contributed by atoms with E-state index in [-0.39, 0.29) is 29.2 Å². The van der Waals surface area contributed by atoms with E-state index in [1.165, 1.54) is 26.2 Å². The summed E-state index contributed by atoms with van der Waals surface area (Å²) in [6.07, 6.45) is 0.767. The Morgan fingerprint density at radius 3 is 2.38 bits per heavy atom. The first-order valence-corrected chi connectivity index (χ1v) is 8.35. The Kier molecular flexibility index (Phi) is 7.89. The lowest BCUT2D eigenvalue weighted by atomic mass is 10.0. The molecule has 1 N–H and O–H groups in total. The van der Waals surface area contributed by atoms with E-state index < -0.39 is 18.2 Å². The van der Waals surface area contributed by atoms with Crippen molar-refractivity contribution in [3.63, 3.8) is 0 Å². The van der Waals surface area contributed by atoms with Crippen molar-refractivity contribution in [1.29, 1.82) is 0 Å². The van der Waals surface area contributed by atoms with E-state index in [2.05, 4.69) is 12.0 Å². The fraction of sp³-hybridized carbons (Fsp3) is 0.474. The Morgan fingerprint density at radius 2 is 1.92 bits per heavy atom. The maximum atomic E-state index is 13.1. The van der Waals surface area contributed by atoms with Crippen LogP contribution in [0.5, 0.6) is 0 Å². The summed E-state index contributed by atoms with van der Waals surface area (Å²) >= 11 is 0. The van der Waals surface area contributed by atoms with E-state index in [1.807, 2.05) is 13.8 Å². The standard InChI is InChI=1S/C19H26F2N2O3/c1-7-12(4)16(9-8-14(11(2)3)17(20)21)22-23-18(24)13(5)15(10-26-6)19(23)25/h8-9,12,17,22H,2,7,10H2,1,3-6H3/b14-8+,16-9+. The van der Waals surface area contributed by atoms with Gasteiger partial charge in [0.25, 0.3) is 18.2 Å². The molecule has 0 saturated heterocycles. The van der Waals surface area contributed by atoms with E-state index >= 15 is 0 Å². The summed E-state index contributed by atoms with van der Waals surface area (Å²) in [5.74, 6) is -1.06. The molecular formula is C19H26F2N2O3. The molecule has 0 aromatic rings. The number of ether oxygens (including phenoxy) is 1. The molecule has 1 aliphatic heterocycles. The lowest BCUT2D eigenvalue weighted by molar-refractivity contribution is -0.140. The van der Waals surface area contributed by atoms with Gasteiger partial charge in [-0.25, -0.2) is 8.78 Å². The Bertz CT molecular complexity index is 678. The van der Waals surface area contributed by atoms with Crippen LogP contribution in [0.25, 0.3) is 0 Å². The number of methoxy groups -OCH3 is 1. The molecule has 0 bridgehead atoms. The summed E-state index contributed by atoms with van der Waals surface area (Å²) in [6, 6.07) is 0. The first kappa shape index (κ1) is 21.8. The van der Waals surface area contributed by atoms with Crippen molar-refractivity contribution in [2.24, 2.45) is 5.92 Å². The second-order valence-corrected chi connectivity index (χ2v) is 6.23. The minimum Gasteiger partial charge on any atom is -0.380 e. The second kappa shape index (κ2) is 9.43. The third-order valence-electron chi connectivity index (χ3n) is 4.28. The zero-order valence-electron chi connectivity index (χ0n) is 15.9. The number of hydrogen-bond acceptors (Lipinski definition) is 4. The molecule has 0 spiro atoms. The van der Waals surface area contributed by atoms with E-state index in [0.29, 0.717) is 17.7 Å². The number of rotatable bonds is 9. The van der Waals surface area contributed by atoms with Gasteiger partial charge in [0.15, 0.2) is 0 Å². The number of carbonyl (C=O) groups excluding carboxylic acids is 2. The number of imide groups is 1. The van der Waals surface area contributed by atoms with Gasteiger partial charge < -0.3 is 4.74 Å². The Balaban J connectivity index is 3.16. The molecule has 144 valence electrons. The third-order valence-corrected chi connectivity index (χ3v) is 4.28.